The number of hydrogen-bond donors (Lipinski definition) is 1. The second kappa shape index (κ2) is 6.70. The molecule has 0 aliphatic heterocycles. The van der Waals surface area contributed by atoms with Crippen molar-refractivity contribution >= 4 is 11.7 Å². The molecule has 1 unspecified atom stereocenters. The number of carbonyl (C=O) groups excluding carboxylic acids is 1. The first-order chi connectivity index (χ1) is 9.60. The minimum absolute atomic E-state index is 0.248. The molecule has 0 saturated heterocycles. The highest BCUT2D eigenvalue weighted by atomic mass is 19.1. The van der Waals surface area contributed by atoms with Crippen LogP contribution in [0.4, 0.5) is 10.1 Å². The van der Waals surface area contributed by atoms with Crippen LogP contribution in [0.3, 0.4) is 0 Å². The van der Waals surface area contributed by atoms with E-state index in [4.69, 9.17) is 4.74 Å². The first kappa shape index (κ1) is 14.8. The Hall–Kier alpha value is -1.62. The van der Waals surface area contributed by atoms with E-state index in [1.54, 1.807) is 13.0 Å². The molecule has 0 radical (unpaired) electrons. The normalized spacial score (nSPS) is 15.8. The second-order valence-corrected chi connectivity index (χ2v) is 5.11. The third-order valence-corrected chi connectivity index (χ3v) is 3.29. The van der Waals surface area contributed by atoms with Crippen LogP contribution < -0.4 is 10.2 Å². The van der Waals surface area contributed by atoms with Crippen molar-refractivity contribution < 1.29 is 13.9 Å². The molecule has 1 aliphatic rings. The highest BCUT2D eigenvalue weighted by molar-refractivity contribution is 5.76. The topological polar surface area (TPSA) is 41.6 Å². The number of halogens is 1. The van der Waals surface area contributed by atoms with Gasteiger partial charge in [0.05, 0.1) is 6.61 Å². The number of nitrogens with one attached hydrogen (secondary N) is 1. The SMILES string of the molecule is CCOC(=O)C(CN(C)c1cccc(F)c1)NC1CC1. The van der Waals surface area contributed by atoms with Gasteiger partial charge in [0, 0.05) is 25.3 Å². The summed E-state index contributed by atoms with van der Waals surface area (Å²) in [6, 6.07) is 6.38. The maximum atomic E-state index is 13.2. The van der Waals surface area contributed by atoms with Gasteiger partial charge in [0.15, 0.2) is 0 Å². The molecule has 1 atom stereocenters. The largest absolute Gasteiger partial charge is 0.465 e. The average molecular weight is 280 g/mol. The molecule has 110 valence electrons. The van der Waals surface area contributed by atoms with Crippen LogP contribution in [0.1, 0.15) is 19.8 Å². The Kier molecular flexibility index (Phi) is 4.95. The number of esters is 1. The summed E-state index contributed by atoms with van der Waals surface area (Å²) in [5.74, 6) is -0.528. The van der Waals surface area contributed by atoms with Crippen molar-refractivity contribution in [1.82, 2.24) is 5.32 Å². The van der Waals surface area contributed by atoms with Crippen molar-refractivity contribution in [2.75, 3.05) is 25.1 Å². The summed E-state index contributed by atoms with van der Waals surface area (Å²) >= 11 is 0. The van der Waals surface area contributed by atoms with Crippen molar-refractivity contribution in [3.05, 3.63) is 30.1 Å². The zero-order chi connectivity index (χ0) is 14.5. The number of nitrogens with zero attached hydrogens (tertiary/aromatic N) is 1. The number of rotatable bonds is 7. The Morgan fingerprint density at radius 2 is 2.30 bits per heavy atom. The lowest BCUT2D eigenvalue weighted by atomic mass is 10.2. The molecule has 20 heavy (non-hydrogen) atoms. The molecule has 2 rings (SSSR count). The molecule has 1 aromatic rings. The maximum Gasteiger partial charge on any atom is 0.324 e. The molecule has 1 aliphatic carbocycles. The third-order valence-electron chi connectivity index (χ3n) is 3.29. The van der Waals surface area contributed by atoms with E-state index in [1.165, 1.54) is 12.1 Å². The molecule has 1 saturated carbocycles. The summed E-state index contributed by atoms with van der Waals surface area (Å²) in [7, 11) is 1.84. The van der Waals surface area contributed by atoms with Crippen molar-refractivity contribution in [3.8, 4) is 0 Å². The van der Waals surface area contributed by atoms with Crippen LogP contribution >= 0.6 is 0 Å². The van der Waals surface area contributed by atoms with Crippen molar-refractivity contribution in [3.63, 3.8) is 0 Å². The summed E-state index contributed by atoms with van der Waals surface area (Å²) in [6.45, 7) is 2.62. The lowest BCUT2D eigenvalue weighted by Crippen LogP contribution is -2.47. The van der Waals surface area contributed by atoms with Gasteiger partial charge in [0.2, 0.25) is 0 Å². The molecule has 0 heterocycles. The fourth-order valence-corrected chi connectivity index (χ4v) is 2.07. The number of benzene rings is 1. The van der Waals surface area contributed by atoms with E-state index >= 15 is 0 Å². The number of anilines is 1. The average Bonchev–Trinajstić information content (AvgIpc) is 3.22. The molecule has 0 bridgehead atoms. The Morgan fingerprint density at radius 1 is 1.55 bits per heavy atom. The quantitative estimate of drug-likeness (QED) is 0.775. The Morgan fingerprint density at radius 3 is 2.90 bits per heavy atom. The van der Waals surface area contributed by atoms with Crippen LogP contribution in [0.2, 0.25) is 0 Å². The predicted molar refractivity (Wildman–Crippen MR) is 76.2 cm³/mol. The van der Waals surface area contributed by atoms with Gasteiger partial charge in [-0.05, 0) is 38.0 Å². The lowest BCUT2D eigenvalue weighted by Gasteiger charge is -2.25. The number of likely N-dealkylation sites (N-methyl/N-ethyl adjacent to an activating group) is 1. The molecular formula is C15H21FN2O2. The van der Waals surface area contributed by atoms with Gasteiger partial charge >= 0.3 is 5.97 Å². The molecule has 4 nitrogen and oxygen atoms in total. The Bertz CT molecular complexity index is 463. The minimum Gasteiger partial charge on any atom is -0.465 e. The highest BCUT2D eigenvalue weighted by Gasteiger charge is 2.30. The molecule has 0 spiro atoms. The monoisotopic (exact) mass is 280 g/mol. The van der Waals surface area contributed by atoms with E-state index in [0.717, 1.165) is 18.5 Å². The van der Waals surface area contributed by atoms with E-state index in [1.807, 2.05) is 18.0 Å². The molecular weight excluding hydrogens is 259 g/mol. The van der Waals surface area contributed by atoms with Crippen LogP contribution in [0, 0.1) is 5.82 Å². The number of carbonyl (C=O) groups is 1. The molecule has 5 heteroatoms. The van der Waals surface area contributed by atoms with Gasteiger partial charge in [-0.1, -0.05) is 6.07 Å². The van der Waals surface area contributed by atoms with Gasteiger partial charge in [-0.25, -0.2) is 4.39 Å². The maximum absolute atomic E-state index is 13.2. The highest BCUT2D eigenvalue weighted by Crippen LogP contribution is 2.20. The fourth-order valence-electron chi connectivity index (χ4n) is 2.07. The van der Waals surface area contributed by atoms with Crippen molar-refractivity contribution in [1.29, 1.82) is 0 Å². The summed E-state index contributed by atoms with van der Waals surface area (Å²) < 4.78 is 18.3. The van der Waals surface area contributed by atoms with Gasteiger partial charge < -0.3 is 15.0 Å². The van der Waals surface area contributed by atoms with Crippen LogP contribution in [0.5, 0.6) is 0 Å². The van der Waals surface area contributed by atoms with Crippen molar-refractivity contribution in [2.24, 2.45) is 0 Å². The summed E-state index contributed by atoms with van der Waals surface area (Å²) in [6.07, 6.45) is 2.19. The fraction of sp³-hybridized carbons (Fsp3) is 0.533. The molecule has 0 amide bonds. The first-order valence-electron chi connectivity index (χ1n) is 6.99. The Labute approximate surface area is 118 Å². The summed E-state index contributed by atoms with van der Waals surface area (Å²) in [5, 5.41) is 3.28. The van der Waals surface area contributed by atoms with Crippen LogP contribution in [-0.4, -0.2) is 38.3 Å². The van der Waals surface area contributed by atoms with Gasteiger partial charge in [0.25, 0.3) is 0 Å². The smallest absolute Gasteiger partial charge is 0.324 e. The second-order valence-electron chi connectivity index (χ2n) is 5.11. The summed E-state index contributed by atoms with van der Waals surface area (Å²) in [5.41, 5.74) is 0.747. The minimum atomic E-state index is -0.379. The standard InChI is InChI=1S/C15H21FN2O2/c1-3-20-15(19)14(17-12-7-8-12)10-18(2)13-6-4-5-11(16)9-13/h4-6,9,12,14,17H,3,7-8,10H2,1-2H3. The predicted octanol–water partition coefficient (Wildman–Crippen LogP) is 1.95. The van der Waals surface area contributed by atoms with Crippen LogP contribution in [0.25, 0.3) is 0 Å². The van der Waals surface area contributed by atoms with E-state index in [2.05, 4.69) is 5.32 Å². The molecule has 1 N–H and O–H groups in total. The molecule has 1 fully saturated rings. The molecule has 0 aromatic heterocycles. The Balaban J connectivity index is 2.00. The van der Waals surface area contributed by atoms with Gasteiger partial charge in [-0.3, -0.25) is 4.79 Å². The van der Waals surface area contributed by atoms with Gasteiger partial charge in [-0.15, -0.1) is 0 Å². The zero-order valence-corrected chi connectivity index (χ0v) is 11.9. The first-order valence-corrected chi connectivity index (χ1v) is 6.99. The van der Waals surface area contributed by atoms with Crippen LogP contribution in [-0.2, 0) is 9.53 Å². The third kappa shape index (κ3) is 4.20. The molecule has 1 aromatic carbocycles. The van der Waals surface area contributed by atoms with Gasteiger partial charge in [-0.2, -0.15) is 0 Å². The van der Waals surface area contributed by atoms with Gasteiger partial charge in [0.1, 0.15) is 11.9 Å². The lowest BCUT2D eigenvalue weighted by molar-refractivity contribution is -0.145. The van der Waals surface area contributed by atoms with Crippen molar-refractivity contribution in [2.45, 2.75) is 31.8 Å². The summed E-state index contributed by atoms with van der Waals surface area (Å²) in [4.78, 5) is 13.8. The number of ether oxygens (including phenoxy) is 1. The van der Waals surface area contributed by atoms with E-state index in [0.29, 0.717) is 19.2 Å². The zero-order valence-electron chi connectivity index (χ0n) is 11.9. The van der Waals surface area contributed by atoms with E-state index in [9.17, 15) is 9.18 Å². The van der Waals surface area contributed by atoms with E-state index in [-0.39, 0.29) is 17.8 Å². The van der Waals surface area contributed by atoms with Crippen LogP contribution in [0.15, 0.2) is 24.3 Å². The van der Waals surface area contributed by atoms with E-state index < -0.39 is 0 Å². The number of hydrogen-bond acceptors (Lipinski definition) is 4.